The number of pyridine rings is 2. The van der Waals surface area contributed by atoms with E-state index in [0.717, 1.165) is 84.4 Å². The van der Waals surface area contributed by atoms with Crippen molar-refractivity contribution in [3.63, 3.8) is 0 Å². The fraction of sp³-hybridized carbons (Fsp3) is 0.0417. The van der Waals surface area contributed by atoms with Crippen LogP contribution in [0.5, 0.6) is 0 Å². The lowest BCUT2D eigenvalue weighted by atomic mass is 9.96. The molecule has 4 heteroatoms. The predicted octanol–water partition coefficient (Wildman–Crippen LogP) is 12.1. The van der Waals surface area contributed by atoms with Crippen molar-refractivity contribution in [1.29, 1.82) is 0 Å². The molecule has 0 bridgehead atoms. The zero-order valence-corrected chi connectivity index (χ0v) is 28.7. The van der Waals surface area contributed by atoms with E-state index in [1.165, 1.54) is 11.1 Å². The molecule has 0 aliphatic carbocycles. The summed E-state index contributed by atoms with van der Waals surface area (Å²) < 4.78 is 0. The van der Waals surface area contributed by atoms with Crippen LogP contribution in [0.25, 0.3) is 89.2 Å². The highest BCUT2D eigenvalue weighted by Crippen LogP contribution is 2.36. The Labute approximate surface area is 303 Å². The average molecular weight is 667 g/mol. The first-order chi connectivity index (χ1) is 25.7. The van der Waals surface area contributed by atoms with E-state index in [0.29, 0.717) is 5.82 Å². The third-order valence-electron chi connectivity index (χ3n) is 9.64. The zero-order chi connectivity index (χ0) is 34.9. The summed E-state index contributed by atoms with van der Waals surface area (Å²) in [6, 6.07) is 61.2. The lowest BCUT2D eigenvalue weighted by molar-refractivity contribution is 1.06. The Balaban J connectivity index is 1.17. The van der Waals surface area contributed by atoms with Gasteiger partial charge in [0.25, 0.3) is 0 Å². The normalized spacial score (nSPS) is 11.2. The molecule has 0 aliphatic heterocycles. The van der Waals surface area contributed by atoms with Gasteiger partial charge in [0.2, 0.25) is 0 Å². The van der Waals surface area contributed by atoms with Crippen LogP contribution >= 0.6 is 0 Å². The van der Waals surface area contributed by atoms with Crippen molar-refractivity contribution in [3.05, 3.63) is 182 Å². The molecule has 9 aromatic rings. The van der Waals surface area contributed by atoms with Gasteiger partial charge in [0.1, 0.15) is 0 Å². The summed E-state index contributed by atoms with van der Waals surface area (Å²) in [5.74, 6) is 0.680. The van der Waals surface area contributed by atoms with Gasteiger partial charge < -0.3 is 0 Å². The van der Waals surface area contributed by atoms with Crippen LogP contribution < -0.4 is 0 Å². The third-order valence-corrected chi connectivity index (χ3v) is 9.64. The Morgan fingerprint density at radius 2 is 0.904 bits per heavy atom. The van der Waals surface area contributed by atoms with Gasteiger partial charge in [-0.05, 0) is 52.9 Å². The molecule has 6 aromatic carbocycles. The van der Waals surface area contributed by atoms with Gasteiger partial charge in [-0.25, -0.2) is 15.0 Å². The van der Waals surface area contributed by atoms with E-state index in [-0.39, 0.29) is 0 Å². The number of benzene rings is 6. The van der Waals surface area contributed by atoms with Gasteiger partial charge in [-0.3, -0.25) is 4.98 Å². The Morgan fingerprint density at radius 1 is 0.365 bits per heavy atom. The number of nitrogens with zero attached hydrogens (tertiary/aromatic N) is 4. The van der Waals surface area contributed by atoms with E-state index >= 15 is 0 Å². The highest BCUT2D eigenvalue weighted by atomic mass is 14.9. The molecule has 0 atom stereocenters. The second kappa shape index (κ2) is 13.5. The SMILES string of the molecule is CCc1cc(-c2cccc(-c3nc(-c4ccccc4)cc(-c4ccc(-c5ccccc5)cc4)n3)c2)c2ccc3ccc(-c4ccccc4)nc3c2n1. The predicted molar refractivity (Wildman–Crippen MR) is 215 cm³/mol. The van der Waals surface area contributed by atoms with E-state index < -0.39 is 0 Å². The van der Waals surface area contributed by atoms with E-state index in [2.05, 4.69) is 140 Å². The summed E-state index contributed by atoms with van der Waals surface area (Å²) in [7, 11) is 0. The average Bonchev–Trinajstić information content (AvgIpc) is 3.24. The van der Waals surface area contributed by atoms with Gasteiger partial charge in [0.15, 0.2) is 5.82 Å². The Bertz CT molecular complexity index is 2690. The van der Waals surface area contributed by atoms with Crippen molar-refractivity contribution < 1.29 is 0 Å². The molecule has 0 fully saturated rings. The molecule has 0 unspecified atom stereocenters. The monoisotopic (exact) mass is 666 g/mol. The largest absolute Gasteiger partial charge is 0.251 e. The van der Waals surface area contributed by atoms with Crippen molar-refractivity contribution in [2.45, 2.75) is 13.3 Å². The van der Waals surface area contributed by atoms with Gasteiger partial charge >= 0.3 is 0 Å². The second-order valence-electron chi connectivity index (χ2n) is 13.0. The first-order valence-corrected chi connectivity index (χ1v) is 17.7. The number of aromatic nitrogens is 4. The first kappa shape index (κ1) is 31.2. The Hall–Kier alpha value is -6.78. The molecule has 3 heterocycles. The second-order valence-corrected chi connectivity index (χ2v) is 13.0. The van der Waals surface area contributed by atoms with Crippen LogP contribution in [0.4, 0.5) is 0 Å². The number of hydrogen-bond donors (Lipinski definition) is 0. The smallest absolute Gasteiger partial charge is 0.160 e. The number of fused-ring (bicyclic) bond motifs is 3. The number of hydrogen-bond acceptors (Lipinski definition) is 4. The Kier molecular flexibility index (Phi) is 8.11. The quantitative estimate of drug-likeness (QED) is 0.159. The molecule has 246 valence electrons. The summed E-state index contributed by atoms with van der Waals surface area (Å²) >= 11 is 0. The minimum absolute atomic E-state index is 0.680. The molecule has 4 nitrogen and oxygen atoms in total. The van der Waals surface area contributed by atoms with Crippen LogP contribution in [0, 0.1) is 0 Å². The molecular weight excluding hydrogens is 633 g/mol. The van der Waals surface area contributed by atoms with Gasteiger partial charge in [0.05, 0.1) is 28.1 Å². The maximum absolute atomic E-state index is 5.18. The van der Waals surface area contributed by atoms with E-state index in [1.807, 2.05) is 42.5 Å². The maximum Gasteiger partial charge on any atom is 0.160 e. The van der Waals surface area contributed by atoms with Crippen molar-refractivity contribution >= 4 is 21.8 Å². The topological polar surface area (TPSA) is 51.6 Å². The minimum Gasteiger partial charge on any atom is -0.251 e. The van der Waals surface area contributed by atoms with Crippen LogP contribution in [-0.2, 0) is 6.42 Å². The third kappa shape index (κ3) is 6.01. The zero-order valence-electron chi connectivity index (χ0n) is 28.7. The lowest BCUT2D eigenvalue weighted by Gasteiger charge is -2.14. The summed E-state index contributed by atoms with van der Waals surface area (Å²) in [6.45, 7) is 2.15. The Morgan fingerprint density at radius 3 is 1.58 bits per heavy atom. The van der Waals surface area contributed by atoms with Crippen LogP contribution in [0.2, 0.25) is 0 Å². The lowest BCUT2D eigenvalue weighted by Crippen LogP contribution is -1.97. The maximum atomic E-state index is 5.18. The van der Waals surface area contributed by atoms with Crippen molar-refractivity contribution in [3.8, 4) is 67.4 Å². The standard InChI is InChI=1S/C48H34N4/c1-2-40-30-42(41-27-25-37-26-28-43(34-15-8-4-9-16-34)50-46(37)47(41)49-40)38-19-12-20-39(29-38)48-51-44(35-17-10-5-11-18-35)31-45(52-48)36-23-21-33(22-24-36)32-13-6-3-7-14-32/h3-31H,2H2,1H3. The van der Waals surface area contributed by atoms with Crippen molar-refractivity contribution in [2.24, 2.45) is 0 Å². The fourth-order valence-electron chi connectivity index (χ4n) is 6.88. The molecule has 0 N–H and O–H groups in total. The highest BCUT2D eigenvalue weighted by Gasteiger charge is 2.16. The number of aryl methyl sites for hydroxylation is 1. The molecule has 3 aromatic heterocycles. The summed E-state index contributed by atoms with van der Waals surface area (Å²) in [4.78, 5) is 20.6. The minimum atomic E-state index is 0.680. The summed E-state index contributed by atoms with van der Waals surface area (Å²) in [5, 5.41) is 2.14. The molecule has 0 saturated heterocycles. The molecule has 0 saturated carbocycles. The van der Waals surface area contributed by atoms with Crippen LogP contribution in [0.3, 0.4) is 0 Å². The first-order valence-electron chi connectivity index (χ1n) is 17.7. The molecule has 9 rings (SSSR count). The van der Waals surface area contributed by atoms with Gasteiger partial charge in [-0.15, -0.1) is 0 Å². The van der Waals surface area contributed by atoms with Crippen molar-refractivity contribution in [2.75, 3.05) is 0 Å². The molecule has 0 aliphatic rings. The van der Waals surface area contributed by atoms with Gasteiger partial charge in [-0.2, -0.15) is 0 Å². The summed E-state index contributed by atoms with van der Waals surface area (Å²) in [5.41, 5.74) is 14.2. The molecule has 0 amide bonds. The van der Waals surface area contributed by atoms with Gasteiger partial charge in [-0.1, -0.05) is 159 Å². The molecule has 52 heavy (non-hydrogen) atoms. The molecular formula is C48H34N4. The fourth-order valence-corrected chi connectivity index (χ4v) is 6.88. The molecule has 0 radical (unpaired) electrons. The van der Waals surface area contributed by atoms with Crippen LogP contribution in [-0.4, -0.2) is 19.9 Å². The highest BCUT2D eigenvalue weighted by molar-refractivity contribution is 6.09. The van der Waals surface area contributed by atoms with E-state index in [1.54, 1.807) is 0 Å². The summed E-state index contributed by atoms with van der Waals surface area (Å²) in [6.07, 6.45) is 0.812. The van der Waals surface area contributed by atoms with Gasteiger partial charge in [0, 0.05) is 38.7 Å². The number of rotatable bonds is 7. The van der Waals surface area contributed by atoms with E-state index in [4.69, 9.17) is 19.9 Å². The molecule has 0 spiro atoms. The van der Waals surface area contributed by atoms with Crippen LogP contribution in [0.15, 0.2) is 176 Å². The van der Waals surface area contributed by atoms with E-state index in [9.17, 15) is 0 Å². The van der Waals surface area contributed by atoms with Crippen LogP contribution in [0.1, 0.15) is 12.6 Å². The van der Waals surface area contributed by atoms with Crippen molar-refractivity contribution in [1.82, 2.24) is 19.9 Å².